The maximum Gasteiger partial charge on any atom is 0.241 e. The third-order valence-electron chi connectivity index (χ3n) is 5.67. The molecule has 0 aliphatic carbocycles. The van der Waals surface area contributed by atoms with Gasteiger partial charge in [-0.2, -0.15) is 0 Å². The van der Waals surface area contributed by atoms with E-state index in [4.69, 9.17) is 4.74 Å². The number of carbonyl (C=O) groups is 1. The van der Waals surface area contributed by atoms with Gasteiger partial charge in [-0.05, 0) is 31.0 Å². The van der Waals surface area contributed by atoms with Crippen LogP contribution in [0.15, 0.2) is 48.5 Å². The Morgan fingerprint density at radius 3 is 2.75 bits per heavy atom. The van der Waals surface area contributed by atoms with E-state index < -0.39 is 0 Å². The lowest BCUT2D eigenvalue weighted by Crippen LogP contribution is -2.51. The monoisotopic (exact) mass is 401 g/mol. The number of hydrogen-bond donors (Lipinski definition) is 1. The lowest BCUT2D eigenvalue weighted by molar-refractivity contribution is -0.120. The molecule has 2 heterocycles. The Morgan fingerprint density at radius 2 is 1.93 bits per heavy atom. The van der Waals surface area contributed by atoms with E-state index in [0.717, 1.165) is 43.1 Å². The van der Waals surface area contributed by atoms with Gasteiger partial charge in [0.2, 0.25) is 5.91 Å². The number of benzene rings is 2. The van der Waals surface area contributed by atoms with Crippen LogP contribution in [0.5, 0.6) is 5.75 Å². The fourth-order valence-corrected chi connectivity index (χ4v) is 4.38. The Morgan fingerprint density at radius 1 is 1.18 bits per heavy atom. The standard InChI is InChI=1S/C22H27N3O2.ClH/c1-16-13-17-7-3-5-9-19(17)25(16)22(26)15-24-12-11-23-14-20(24)18-8-4-6-10-21(18)27-2;/h3-10,16,20,23H,11-15H2,1-2H3;1H. The minimum Gasteiger partial charge on any atom is -0.496 e. The van der Waals surface area contributed by atoms with Crippen LogP contribution in [0.3, 0.4) is 0 Å². The summed E-state index contributed by atoms with van der Waals surface area (Å²) >= 11 is 0. The number of amides is 1. The molecule has 0 bridgehead atoms. The zero-order valence-electron chi connectivity index (χ0n) is 16.4. The van der Waals surface area contributed by atoms with Gasteiger partial charge in [0.05, 0.1) is 19.7 Å². The third-order valence-corrected chi connectivity index (χ3v) is 5.67. The number of halogens is 1. The molecular weight excluding hydrogens is 374 g/mol. The average Bonchev–Trinajstić information content (AvgIpc) is 3.04. The molecule has 5 nitrogen and oxygen atoms in total. The van der Waals surface area contributed by atoms with Gasteiger partial charge in [-0.3, -0.25) is 9.69 Å². The fraction of sp³-hybridized carbons (Fsp3) is 0.409. The van der Waals surface area contributed by atoms with Gasteiger partial charge in [0.25, 0.3) is 0 Å². The summed E-state index contributed by atoms with van der Waals surface area (Å²) in [4.78, 5) is 17.5. The number of hydrogen-bond acceptors (Lipinski definition) is 4. The molecule has 1 amide bonds. The smallest absolute Gasteiger partial charge is 0.241 e. The Balaban J connectivity index is 0.00000225. The third kappa shape index (κ3) is 3.88. The van der Waals surface area contributed by atoms with Gasteiger partial charge in [0.1, 0.15) is 5.75 Å². The van der Waals surface area contributed by atoms with Crippen LogP contribution in [0, 0.1) is 0 Å². The SMILES string of the molecule is COc1ccccc1C1CNCCN1CC(=O)N1c2ccccc2CC1C.Cl. The zero-order chi connectivity index (χ0) is 18.8. The summed E-state index contributed by atoms with van der Waals surface area (Å²) in [5.41, 5.74) is 3.47. The van der Waals surface area contributed by atoms with Crippen molar-refractivity contribution in [1.29, 1.82) is 0 Å². The van der Waals surface area contributed by atoms with Crippen molar-refractivity contribution >= 4 is 24.0 Å². The van der Waals surface area contributed by atoms with Gasteiger partial charge in [-0.25, -0.2) is 0 Å². The average molecular weight is 402 g/mol. The van der Waals surface area contributed by atoms with E-state index in [0.29, 0.717) is 6.54 Å². The first-order valence-corrected chi connectivity index (χ1v) is 9.66. The number of ether oxygens (including phenoxy) is 1. The van der Waals surface area contributed by atoms with Crippen LogP contribution < -0.4 is 15.0 Å². The van der Waals surface area contributed by atoms with Crippen LogP contribution in [-0.4, -0.2) is 50.1 Å². The van der Waals surface area contributed by atoms with Gasteiger partial charge >= 0.3 is 0 Å². The van der Waals surface area contributed by atoms with Crippen molar-refractivity contribution in [2.24, 2.45) is 0 Å². The maximum absolute atomic E-state index is 13.3. The molecule has 1 fully saturated rings. The summed E-state index contributed by atoms with van der Waals surface area (Å²) in [6.07, 6.45) is 0.930. The minimum atomic E-state index is 0. The van der Waals surface area contributed by atoms with Crippen LogP contribution >= 0.6 is 12.4 Å². The Hall–Kier alpha value is -2.08. The van der Waals surface area contributed by atoms with Crippen LogP contribution in [0.1, 0.15) is 24.1 Å². The van der Waals surface area contributed by atoms with Crippen molar-refractivity contribution in [2.45, 2.75) is 25.4 Å². The second-order valence-electron chi connectivity index (χ2n) is 7.38. The topological polar surface area (TPSA) is 44.8 Å². The molecule has 1 saturated heterocycles. The summed E-state index contributed by atoms with van der Waals surface area (Å²) in [5, 5.41) is 3.46. The van der Waals surface area contributed by atoms with Crippen LogP contribution in [-0.2, 0) is 11.2 Å². The number of anilines is 1. The molecule has 150 valence electrons. The predicted octanol–water partition coefficient (Wildman–Crippen LogP) is 3.04. The molecule has 0 radical (unpaired) electrons. The first-order valence-electron chi connectivity index (χ1n) is 9.66. The number of nitrogens with one attached hydrogen (secondary N) is 1. The van der Waals surface area contributed by atoms with Crippen molar-refractivity contribution < 1.29 is 9.53 Å². The van der Waals surface area contributed by atoms with Gasteiger partial charge in [-0.1, -0.05) is 36.4 Å². The predicted molar refractivity (Wildman–Crippen MR) is 115 cm³/mol. The summed E-state index contributed by atoms with van der Waals surface area (Å²) in [6.45, 7) is 5.11. The highest BCUT2D eigenvalue weighted by atomic mass is 35.5. The normalized spacial score (nSPS) is 21.7. The van der Waals surface area contributed by atoms with E-state index in [9.17, 15) is 4.79 Å². The largest absolute Gasteiger partial charge is 0.496 e. The highest BCUT2D eigenvalue weighted by Gasteiger charge is 2.34. The molecule has 28 heavy (non-hydrogen) atoms. The number of nitrogens with zero attached hydrogens (tertiary/aromatic N) is 2. The Bertz CT molecular complexity index is 829. The first-order chi connectivity index (χ1) is 13.2. The van der Waals surface area contributed by atoms with Crippen LogP contribution in [0.25, 0.3) is 0 Å². The first kappa shape index (κ1) is 20.6. The molecule has 0 saturated carbocycles. The minimum absolute atomic E-state index is 0. The molecule has 2 unspecified atom stereocenters. The summed E-state index contributed by atoms with van der Waals surface area (Å²) < 4.78 is 5.57. The van der Waals surface area contributed by atoms with E-state index in [1.54, 1.807) is 7.11 Å². The summed E-state index contributed by atoms with van der Waals surface area (Å²) in [7, 11) is 1.70. The van der Waals surface area contributed by atoms with Gasteiger partial charge in [0, 0.05) is 36.9 Å². The lowest BCUT2D eigenvalue weighted by atomic mass is 10.0. The highest BCUT2D eigenvalue weighted by molar-refractivity contribution is 5.97. The van der Waals surface area contributed by atoms with Crippen LogP contribution in [0.4, 0.5) is 5.69 Å². The molecular formula is C22H28ClN3O2. The summed E-state index contributed by atoms with van der Waals surface area (Å²) in [6, 6.07) is 16.7. The van der Waals surface area contributed by atoms with Crippen molar-refractivity contribution in [3.05, 3.63) is 59.7 Å². The fourth-order valence-electron chi connectivity index (χ4n) is 4.38. The van der Waals surface area contributed by atoms with Crippen LogP contribution in [0.2, 0.25) is 0 Å². The number of methoxy groups -OCH3 is 1. The van der Waals surface area contributed by atoms with Gasteiger partial charge in [-0.15, -0.1) is 12.4 Å². The van der Waals surface area contributed by atoms with Crippen molar-refractivity contribution in [3.8, 4) is 5.75 Å². The van der Waals surface area contributed by atoms with E-state index >= 15 is 0 Å². The number of piperazine rings is 1. The molecule has 2 atom stereocenters. The molecule has 2 aliphatic rings. The number of para-hydroxylation sites is 2. The second-order valence-corrected chi connectivity index (χ2v) is 7.38. The van der Waals surface area contributed by atoms with E-state index in [1.807, 2.05) is 35.2 Å². The molecule has 2 aliphatic heterocycles. The number of carbonyl (C=O) groups excluding carboxylic acids is 1. The Kier molecular flexibility index (Phi) is 6.60. The Labute approximate surface area is 173 Å². The van der Waals surface area contributed by atoms with Crippen molar-refractivity contribution in [3.63, 3.8) is 0 Å². The molecule has 0 aromatic heterocycles. The van der Waals surface area contributed by atoms with E-state index in [2.05, 4.69) is 35.3 Å². The van der Waals surface area contributed by atoms with Crippen molar-refractivity contribution in [1.82, 2.24) is 10.2 Å². The zero-order valence-corrected chi connectivity index (χ0v) is 17.2. The molecule has 6 heteroatoms. The molecule has 0 spiro atoms. The molecule has 4 rings (SSSR count). The van der Waals surface area contributed by atoms with E-state index in [-0.39, 0.29) is 30.4 Å². The quantitative estimate of drug-likeness (QED) is 0.855. The van der Waals surface area contributed by atoms with E-state index in [1.165, 1.54) is 5.56 Å². The lowest BCUT2D eigenvalue weighted by Gasteiger charge is -2.37. The maximum atomic E-state index is 13.3. The van der Waals surface area contributed by atoms with Gasteiger partial charge < -0.3 is 15.0 Å². The van der Waals surface area contributed by atoms with Gasteiger partial charge in [0.15, 0.2) is 0 Å². The van der Waals surface area contributed by atoms with Crippen molar-refractivity contribution in [2.75, 3.05) is 38.2 Å². The molecule has 2 aromatic rings. The second kappa shape index (κ2) is 8.95. The number of fused-ring (bicyclic) bond motifs is 1. The highest BCUT2D eigenvalue weighted by Crippen LogP contribution is 2.33. The summed E-state index contributed by atoms with van der Waals surface area (Å²) in [5.74, 6) is 1.05. The number of rotatable bonds is 4. The molecule has 2 aromatic carbocycles. The molecule has 1 N–H and O–H groups in total.